The normalized spacial score (nSPS) is 12.4. The van der Waals surface area contributed by atoms with Crippen LogP contribution >= 0.6 is 0 Å². The van der Waals surface area contributed by atoms with Gasteiger partial charge in [0.25, 0.3) is 0 Å². The molecule has 0 heterocycles. The molecule has 0 aliphatic heterocycles. The zero-order valence-corrected chi connectivity index (χ0v) is 16.0. The Morgan fingerprint density at radius 1 is 0.833 bits per heavy atom. The molecule has 0 bridgehead atoms. The molecule has 2 heteroatoms. The third kappa shape index (κ3) is 8.57. The molecule has 0 aromatic carbocycles. The monoisotopic (exact) mass is 362 g/mol. The molecular formula is C16H34OSn. The van der Waals surface area contributed by atoms with Crippen LogP contribution in [0.1, 0.15) is 59.3 Å². The maximum absolute atomic E-state index is 5.20. The summed E-state index contributed by atoms with van der Waals surface area (Å²) in [5.74, 6) is 0. The van der Waals surface area contributed by atoms with E-state index < -0.39 is 18.4 Å². The molecule has 0 fully saturated rings. The van der Waals surface area contributed by atoms with Crippen LogP contribution in [0.4, 0.5) is 0 Å². The van der Waals surface area contributed by atoms with Crippen molar-refractivity contribution in [2.24, 2.45) is 0 Å². The molecule has 0 aromatic rings. The van der Waals surface area contributed by atoms with Gasteiger partial charge in [0.15, 0.2) is 0 Å². The average molecular weight is 361 g/mol. The fraction of sp³-hybridized carbons (Fsp3) is 0.875. The van der Waals surface area contributed by atoms with E-state index >= 15 is 0 Å². The molecule has 0 N–H and O–H groups in total. The van der Waals surface area contributed by atoms with Crippen LogP contribution in [0.3, 0.4) is 0 Å². The molecule has 0 rings (SSSR count). The van der Waals surface area contributed by atoms with Crippen molar-refractivity contribution >= 4 is 18.4 Å². The van der Waals surface area contributed by atoms with Crippen molar-refractivity contribution < 1.29 is 4.74 Å². The predicted molar refractivity (Wildman–Crippen MR) is 85.9 cm³/mol. The van der Waals surface area contributed by atoms with E-state index in [0.717, 1.165) is 6.61 Å². The van der Waals surface area contributed by atoms with Crippen LogP contribution in [0.15, 0.2) is 10.2 Å². The van der Waals surface area contributed by atoms with E-state index in [-0.39, 0.29) is 0 Å². The van der Waals surface area contributed by atoms with Crippen molar-refractivity contribution in [3.05, 3.63) is 10.2 Å². The van der Waals surface area contributed by atoms with E-state index in [1.54, 1.807) is 20.4 Å². The second-order valence-corrected chi connectivity index (χ2v) is 18.5. The van der Waals surface area contributed by atoms with Gasteiger partial charge in [0.2, 0.25) is 0 Å². The molecule has 0 radical (unpaired) electrons. The molecule has 0 aromatic heterocycles. The number of rotatable bonds is 12. The van der Waals surface area contributed by atoms with Gasteiger partial charge in [0.1, 0.15) is 0 Å². The molecule has 0 amide bonds. The molecule has 108 valence electrons. The summed E-state index contributed by atoms with van der Waals surface area (Å²) in [6, 6.07) is 0. The number of unbranched alkanes of at least 4 members (excludes halogenated alkanes) is 3. The van der Waals surface area contributed by atoms with Crippen molar-refractivity contribution in [3.8, 4) is 0 Å². The summed E-state index contributed by atoms with van der Waals surface area (Å²) in [4.78, 5) is 0. The molecule has 0 unspecified atom stereocenters. The Bertz CT molecular complexity index is 179. The average Bonchev–Trinajstić information content (AvgIpc) is 2.40. The van der Waals surface area contributed by atoms with E-state index in [1.165, 1.54) is 38.5 Å². The summed E-state index contributed by atoms with van der Waals surface area (Å²) in [7, 11) is 1.80. The maximum atomic E-state index is 5.20. The predicted octanol–water partition coefficient (Wildman–Crippen LogP) is 5.58. The molecule has 0 aliphatic rings. The fourth-order valence-electron chi connectivity index (χ4n) is 2.61. The first-order valence-electron chi connectivity index (χ1n) is 7.91. The van der Waals surface area contributed by atoms with Crippen LogP contribution < -0.4 is 0 Å². The molecule has 1 nitrogen and oxygen atoms in total. The van der Waals surface area contributed by atoms with E-state index in [0.29, 0.717) is 0 Å². The topological polar surface area (TPSA) is 9.23 Å². The Balaban J connectivity index is 4.61. The molecule has 0 atom stereocenters. The third-order valence-corrected chi connectivity index (χ3v) is 18.1. The Morgan fingerprint density at radius 3 is 1.61 bits per heavy atom. The van der Waals surface area contributed by atoms with Crippen LogP contribution in [0.5, 0.6) is 0 Å². The number of hydrogen-bond acceptors (Lipinski definition) is 1. The van der Waals surface area contributed by atoms with Crippen LogP contribution in [0.25, 0.3) is 0 Å². The molecule has 0 aliphatic carbocycles. The minimum atomic E-state index is -1.98. The van der Waals surface area contributed by atoms with Crippen LogP contribution in [-0.2, 0) is 4.74 Å². The molecule has 0 spiro atoms. The minimum absolute atomic E-state index is 0.809. The van der Waals surface area contributed by atoms with Gasteiger partial charge in [0, 0.05) is 0 Å². The first-order valence-corrected chi connectivity index (χ1v) is 15.6. The SMILES string of the molecule is CCC[CH2][Sn](/[CH]=C/COC)([CH2]CCC)[CH2]CCC. The summed E-state index contributed by atoms with van der Waals surface area (Å²) in [6.45, 7) is 7.79. The van der Waals surface area contributed by atoms with Gasteiger partial charge in [0.05, 0.1) is 0 Å². The second kappa shape index (κ2) is 12.5. The van der Waals surface area contributed by atoms with Gasteiger partial charge in [-0.15, -0.1) is 0 Å². The van der Waals surface area contributed by atoms with Crippen LogP contribution in [-0.4, -0.2) is 32.1 Å². The third-order valence-electron chi connectivity index (χ3n) is 3.82. The van der Waals surface area contributed by atoms with Crippen molar-refractivity contribution in [1.82, 2.24) is 0 Å². The summed E-state index contributed by atoms with van der Waals surface area (Å²) < 4.78 is 12.6. The summed E-state index contributed by atoms with van der Waals surface area (Å²) in [6.07, 6.45) is 10.7. The van der Waals surface area contributed by atoms with Gasteiger partial charge < -0.3 is 0 Å². The number of hydrogen-bond donors (Lipinski definition) is 0. The fourth-order valence-corrected chi connectivity index (χ4v) is 16.9. The van der Waals surface area contributed by atoms with E-state index in [4.69, 9.17) is 4.74 Å². The second-order valence-electron chi connectivity index (χ2n) is 5.53. The van der Waals surface area contributed by atoms with Gasteiger partial charge in [-0.25, -0.2) is 0 Å². The number of ether oxygens (including phenoxy) is 1. The molecule has 18 heavy (non-hydrogen) atoms. The van der Waals surface area contributed by atoms with Crippen LogP contribution in [0, 0.1) is 0 Å². The molecule has 0 saturated carbocycles. The molecular weight excluding hydrogens is 327 g/mol. The van der Waals surface area contributed by atoms with Crippen molar-refractivity contribution in [2.45, 2.75) is 72.6 Å². The van der Waals surface area contributed by atoms with E-state index in [1.807, 2.05) is 0 Å². The summed E-state index contributed by atoms with van der Waals surface area (Å²) in [5.41, 5.74) is 0. The molecule has 0 saturated heterocycles. The Labute approximate surface area is 119 Å². The van der Waals surface area contributed by atoms with Gasteiger partial charge in [-0.3, -0.25) is 0 Å². The first-order chi connectivity index (χ1) is 8.74. The number of methoxy groups -OCH3 is 1. The Hall–Kier alpha value is 0.499. The quantitative estimate of drug-likeness (QED) is 0.413. The first kappa shape index (κ1) is 18.5. The van der Waals surface area contributed by atoms with Crippen molar-refractivity contribution in [3.63, 3.8) is 0 Å². The summed E-state index contributed by atoms with van der Waals surface area (Å²) in [5, 5.41) is 0. The van der Waals surface area contributed by atoms with Crippen molar-refractivity contribution in [2.75, 3.05) is 13.7 Å². The van der Waals surface area contributed by atoms with Gasteiger partial charge >= 0.3 is 120 Å². The standard InChI is InChI=1S/C4H7O.3C4H9.Sn/c1-3-4-5-2;3*1-3-4-2;/h1,3H,4H2,2H3;3*1,3-4H2,2H3;. The Kier molecular flexibility index (Phi) is 12.9. The summed E-state index contributed by atoms with van der Waals surface area (Å²) >= 11 is -1.98. The zero-order chi connectivity index (χ0) is 13.7. The Morgan fingerprint density at radius 2 is 1.28 bits per heavy atom. The van der Waals surface area contributed by atoms with Gasteiger partial charge in [-0.1, -0.05) is 0 Å². The van der Waals surface area contributed by atoms with Crippen LogP contribution in [0.2, 0.25) is 13.3 Å². The van der Waals surface area contributed by atoms with Gasteiger partial charge in [-0.05, 0) is 0 Å². The van der Waals surface area contributed by atoms with E-state index in [9.17, 15) is 0 Å². The van der Waals surface area contributed by atoms with E-state index in [2.05, 4.69) is 30.9 Å². The van der Waals surface area contributed by atoms with Crippen molar-refractivity contribution in [1.29, 1.82) is 0 Å². The zero-order valence-electron chi connectivity index (χ0n) is 13.1. The van der Waals surface area contributed by atoms with Gasteiger partial charge in [-0.2, -0.15) is 0 Å².